The lowest BCUT2D eigenvalue weighted by Gasteiger charge is -2.13. The molecule has 0 spiro atoms. The molecule has 0 aliphatic carbocycles. The number of H-pyrrole nitrogens is 1. The summed E-state index contributed by atoms with van der Waals surface area (Å²) in [5.41, 5.74) is 6.59. The quantitative estimate of drug-likeness (QED) is 0.756. The second-order valence-corrected chi connectivity index (χ2v) is 3.23. The number of nitrogens with zero attached hydrogens (tertiary/aromatic N) is 4. The lowest BCUT2D eigenvalue weighted by Crippen LogP contribution is -2.17. The molecule has 0 aliphatic heterocycles. The van der Waals surface area contributed by atoms with Crippen LogP contribution in [0.25, 0.3) is 0 Å². The molecule has 2 aromatic rings. The summed E-state index contributed by atoms with van der Waals surface area (Å²) < 4.78 is 0. The van der Waals surface area contributed by atoms with Gasteiger partial charge in [-0.15, -0.1) is 5.10 Å². The molecular weight excluding hydrogens is 192 g/mol. The maximum absolute atomic E-state index is 5.44. The molecule has 0 aliphatic rings. The van der Waals surface area contributed by atoms with Crippen LogP contribution in [-0.4, -0.2) is 27.2 Å². The van der Waals surface area contributed by atoms with Gasteiger partial charge in [0.25, 0.3) is 0 Å². The minimum Gasteiger partial charge on any atom is -0.368 e. The summed E-state index contributed by atoms with van der Waals surface area (Å²) in [6.07, 6.45) is 3.52. The predicted octanol–water partition coefficient (Wildman–Crippen LogP) is 0.418. The van der Waals surface area contributed by atoms with Crippen LogP contribution in [0.5, 0.6) is 0 Å². The zero-order valence-corrected chi connectivity index (χ0v) is 8.38. The topological polar surface area (TPSA) is 83.7 Å². The standard InChI is InChI=1S/C9H12N6/c1-15(9-12-8(10)13-14-9)6-7-2-4-11-5-3-7/h2-5H,6H2,1H3,(H3,10,12,13,14). The molecule has 6 heteroatoms. The Morgan fingerprint density at radius 1 is 1.40 bits per heavy atom. The normalized spacial score (nSPS) is 10.2. The number of nitrogens with two attached hydrogens (primary N) is 1. The maximum Gasteiger partial charge on any atom is 0.246 e. The third kappa shape index (κ3) is 2.22. The van der Waals surface area contributed by atoms with E-state index in [1.807, 2.05) is 24.1 Å². The van der Waals surface area contributed by atoms with Gasteiger partial charge in [-0.25, -0.2) is 5.10 Å². The molecule has 3 N–H and O–H groups in total. The summed E-state index contributed by atoms with van der Waals surface area (Å²) in [4.78, 5) is 9.89. The summed E-state index contributed by atoms with van der Waals surface area (Å²) >= 11 is 0. The Morgan fingerprint density at radius 3 is 2.73 bits per heavy atom. The molecule has 78 valence electrons. The zero-order chi connectivity index (χ0) is 10.7. The molecule has 6 nitrogen and oxygen atoms in total. The monoisotopic (exact) mass is 204 g/mol. The van der Waals surface area contributed by atoms with Crippen molar-refractivity contribution in [1.82, 2.24) is 20.2 Å². The predicted molar refractivity (Wildman–Crippen MR) is 57.1 cm³/mol. The summed E-state index contributed by atoms with van der Waals surface area (Å²) in [6.45, 7) is 0.722. The van der Waals surface area contributed by atoms with Crippen LogP contribution in [0.15, 0.2) is 24.5 Å². The maximum atomic E-state index is 5.44. The van der Waals surface area contributed by atoms with E-state index >= 15 is 0 Å². The van der Waals surface area contributed by atoms with E-state index in [9.17, 15) is 0 Å². The molecule has 2 heterocycles. The van der Waals surface area contributed by atoms with Gasteiger partial charge >= 0.3 is 0 Å². The van der Waals surface area contributed by atoms with E-state index in [-0.39, 0.29) is 0 Å². The third-order valence-electron chi connectivity index (χ3n) is 2.00. The second-order valence-electron chi connectivity index (χ2n) is 3.23. The number of nitrogen functional groups attached to an aromatic ring is 1. The van der Waals surface area contributed by atoms with Crippen molar-refractivity contribution in [3.8, 4) is 0 Å². The molecule has 2 rings (SSSR count). The van der Waals surface area contributed by atoms with E-state index in [2.05, 4.69) is 20.2 Å². The Morgan fingerprint density at radius 2 is 2.13 bits per heavy atom. The van der Waals surface area contributed by atoms with Crippen LogP contribution in [0, 0.1) is 0 Å². The van der Waals surface area contributed by atoms with E-state index in [1.165, 1.54) is 0 Å². The molecular formula is C9H12N6. The van der Waals surface area contributed by atoms with Gasteiger partial charge in [0.15, 0.2) is 0 Å². The number of nitrogens with one attached hydrogen (secondary N) is 1. The number of anilines is 2. The van der Waals surface area contributed by atoms with Crippen LogP contribution in [-0.2, 0) is 6.54 Å². The molecule has 15 heavy (non-hydrogen) atoms. The first kappa shape index (κ1) is 9.45. The first-order valence-electron chi connectivity index (χ1n) is 4.53. The van der Waals surface area contributed by atoms with Gasteiger partial charge in [-0.3, -0.25) is 4.98 Å². The third-order valence-corrected chi connectivity index (χ3v) is 2.00. The minimum atomic E-state index is 0.326. The Kier molecular flexibility index (Phi) is 2.49. The largest absolute Gasteiger partial charge is 0.368 e. The van der Waals surface area contributed by atoms with Crippen LogP contribution in [0.2, 0.25) is 0 Å². The summed E-state index contributed by atoms with van der Waals surface area (Å²) in [7, 11) is 1.91. The van der Waals surface area contributed by atoms with Crippen LogP contribution in [0.1, 0.15) is 5.56 Å². The van der Waals surface area contributed by atoms with Gasteiger partial charge < -0.3 is 10.6 Å². The van der Waals surface area contributed by atoms with Crippen molar-refractivity contribution < 1.29 is 0 Å². The zero-order valence-electron chi connectivity index (χ0n) is 8.38. The Bertz CT molecular complexity index is 423. The minimum absolute atomic E-state index is 0.326. The highest BCUT2D eigenvalue weighted by Crippen LogP contribution is 2.09. The van der Waals surface area contributed by atoms with Gasteiger partial charge in [0.2, 0.25) is 11.9 Å². The molecule has 0 radical (unpaired) electrons. The number of hydrogen-bond acceptors (Lipinski definition) is 5. The highest BCUT2D eigenvalue weighted by Gasteiger charge is 2.06. The lowest BCUT2D eigenvalue weighted by atomic mass is 10.2. The van der Waals surface area contributed by atoms with Crippen molar-refractivity contribution in [3.63, 3.8) is 0 Å². The molecule has 0 saturated heterocycles. The fourth-order valence-electron chi connectivity index (χ4n) is 1.27. The highest BCUT2D eigenvalue weighted by atomic mass is 15.4. The first-order chi connectivity index (χ1) is 7.25. The molecule has 0 atom stereocenters. The van der Waals surface area contributed by atoms with Crippen molar-refractivity contribution in [2.75, 3.05) is 17.7 Å². The van der Waals surface area contributed by atoms with E-state index in [4.69, 9.17) is 5.73 Å². The van der Waals surface area contributed by atoms with Crippen molar-refractivity contribution in [1.29, 1.82) is 0 Å². The first-order valence-corrected chi connectivity index (χ1v) is 4.53. The van der Waals surface area contributed by atoms with Gasteiger partial charge in [0.1, 0.15) is 0 Å². The Hall–Kier alpha value is -2.11. The van der Waals surface area contributed by atoms with Crippen LogP contribution < -0.4 is 10.6 Å². The molecule has 2 aromatic heterocycles. The molecule has 0 amide bonds. The van der Waals surface area contributed by atoms with Crippen LogP contribution >= 0.6 is 0 Å². The average Bonchev–Trinajstić information content (AvgIpc) is 2.66. The molecule has 0 saturated carbocycles. The summed E-state index contributed by atoms with van der Waals surface area (Å²) in [5, 5.41) is 6.56. The number of aromatic amines is 1. The summed E-state index contributed by atoms with van der Waals surface area (Å²) in [6, 6.07) is 3.90. The van der Waals surface area contributed by atoms with E-state index in [0.717, 1.165) is 12.1 Å². The van der Waals surface area contributed by atoms with E-state index < -0.39 is 0 Å². The van der Waals surface area contributed by atoms with Gasteiger partial charge in [-0.1, -0.05) is 0 Å². The average molecular weight is 204 g/mol. The number of aromatic nitrogens is 4. The SMILES string of the molecule is CN(Cc1ccncc1)c1n[nH]c(N)n1. The van der Waals surface area contributed by atoms with E-state index in [0.29, 0.717) is 11.9 Å². The smallest absolute Gasteiger partial charge is 0.246 e. The number of rotatable bonds is 3. The van der Waals surface area contributed by atoms with Gasteiger partial charge in [0, 0.05) is 26.0 Å². The number of hydrogen-bond donors (Lipinski definition) is 2. The van der Waals surface area contributed by atoms with E-state index in [1.54, 1.807) is 12.4 Å². The Balaban J connectivity index is 2.07. The van der Waals surface area contributed by atoms with Gasteiger partial charge in [-0.2, -0.15) is 4.98 Å². The fraction of sp³-hybridized carbons (Fsp3) is 0.222. The highest BCUT2D eigenvalue weighted by molar-refractivity contribution is 5.33. The van der Waals surface area contributed by atoms with Crippen molar-refractivity contribution in [2.45, 2.75) is 6.54 Å². The molecule has 0 bridgehead atoms. The van der Waals surface area contributed by atoms with Gasteiger partial charge in [0.05, 0.1) is 0 Å². The molecule has 0 unspecified atom stereocenters. The van der Waals surface area contributed by atoms with Crippen molar-refractivity contribution >= 4 is 11.9 Å². The fourth-order valence-corrected chi connectivity index (χ4v) is 1.27. The molecule has 0 fully saturated rings. The number of pyridine rings is 1. The molecule has 0 aromatic carbocycles. The summed E-state index contributed by atoms with van der Waals surface area (Å²) in [5.74, 6) is 0.913. The Labute approximate surface area is 87.2 Å². The van der Waals surface area contributed by atoms with Crippen LogP contribution in [0.3, 0.4) is 0 Å². The van der Waals surface area contributed by atoms with Gasteiger partial charge in [-0.05, 0) is 17.7 Å². The lowest BCUT2D eigenvalue weighted by molar-refractivity contribution is 0.869. The van der Waals surface area contributed by atoms with Crippen molar-refractivity contribution in [3.05, 3.63) is 30.1 Å². The second kappa shape index (κ2) is 3.95. The van der Waals surface area contributed by atoms with Crippen molar-refractivity contribution in [2.24, 2.45) is 0 Å². The van der Waals surface area contributed by atoms with Crippen LogP contribution in [0.4, 0.5) is 11.9 Å².